The number of quaternary nitrogens is 1. The number of esters is 2. The lowest BCUT2D eigenvalue weighted by atomic mass is 9.85. The zero-order chi connectivity index (χ0) is 18.4. The summed E-state index contributed by atoms with van der Waals surface area (Å²) in [6.07, 6.45) is 2.57. The number of aliphatic hydroxyl groups is 1. The minimum Gasteiger partial charge on any atom is -0.632 e. The van der Waals surface area contributed by atoms with Crippen molar-refractivity contribution in [2.75, 3.05) is 19.7 Å². The van der Waals surface area contributed by atoms with E-state index in [1.54, 1.807) is 19.9 Å². The van der Waals surface area contributed by atoms with Gasteiger partial charge in [-0.1, -0.05) is 13.0 Å². The fourth-order valence-corrected chi connectivity index (χ4v) is 4.37. The lowest BCUT2D eigenvalue weighted by molar-refractivity contribution is -0.882. The Labute approximate surface area is 147 Å². The number of cyclic esters (lactones) is 1. The van der Waals surface area contributed by atoms with Crippen LogP contribution in [0.25, 0.3) is 0 Å². The maximum absolute atomic E-state index is 13.0. The zero-order valence-electron chi connectivity index (χ0n) is 15.1. The molecule has 140 valence electrons. The maximum Gasteiger partial charge on any atom is 0.338 e. The van der Waals surface area contributed by atoms with Crippen molar-refractivity contribution < 1.29 is 28.8 Å². The number of hydroxylamine groups is 3. The van der Waals surface area contributed by atoms with Gasteiger partial charge < -0.3 is 24.4 Å². The first-order chi connectivity index (χ1) is 11.7. The molecule has 0 aromatic carbocycles. The Morgan fingerprint density at radius 2 is 2.00 bits per heavy atom. The van der Waals surface area contributed by atoms with Crippen LogP contribution in [0.1, 0.15) is 40.0 Å². The van der Waals surface area contributed by atoms with Crippen LogP contribution in [0.3, 0.4) is 0 Å². The van der Waals surface area contributed by atoms with E-state index in [0.717, 1.165) is 0 Å². The molecule has 3 rings (SSSR count). The first kappa shape index (κ1) is 18.4. The number of ether oxygens (including phenoxy) is 2. The second-order valence-electron chi connectivity index (χ2n) is 7.84. The van der Waals surface area contributed by atoms with Crippen molar-refractivity contribution in [3.05, 3.63) is 16.9 Å². The summed E-state index contributed by atoms with van der Waals surface area (Å²) in [5, 5.41) is 23.5. The fourth-order valence-electron chi connectivity index (χ4n) is 4.37. The molecule has 3 aliphatic rings. The monoisotopic (exact) mass is 353 g/mol. The third-order valence-corrected chi connectivity index (χ3v) is 6.27. The molecule has 3 heterocycles. The van der Waals surface area contributed by atoms with Gasteiger partial charge in [0.15, 0.2) is 11.7 Å². The molecular weight excluding hydrogens is 326 g/mol. The molecule has 0 aliphatic carbocycles. The van der Waals surface area contributed by atoms with Gasteiger partial charge in [-0.25, -0.2) is 9.59 Å². The van der Waals surface area contributed by atoms with Gasteiger partial charge in [-0.05, 0) is 26.2 Å². The van der Waals surface area contributed by atoms with E-state index in [1.165, 1.54) is 6.92 Å². The molecule has 6 atom stereocenters. The predicted octanol–water partition coefficient (Wildman–Crippen LogP) is 1.29. The van der Waals surface area contributed by atoms with Gasteiger partial charge in [0, 0.05) is 18.4 Å². The van der Waals surface area contributed by atoms with E-state index < -0.39 is 35.6 Å². The van der Waals surface area contributed by atoms with Crippen molar-refractivity contribution in [2.24, 2.45) is 11.8 Å². The largest absolute Gasteiger partial charge is 0.632 e. The maximum atomic E-state index is 13.0. The molecule has 1 N–H and O–H groups in total. The molecule has 0 bridgehead atoms. The molecule has 0 amide bonds. The summed E-state index contributed by atoms with van der Waals surface area (Å²) < 4.78 is 10.7. The van der Waals surface area contributed by atoms with Crippen LogP contribution in [-0.4, -0.2) is 59.1 Å². The summed E-state index contributed by atoms with van der Waals surface area (Å²) in [7, 11) is 0. The number of hydrogen-bond donors (Lipinski definition) is 1. The Morgan fingerprint density at radius 1 is 1.32 bits per heavy atom. The Hall–Kier alpha value is -1.44. The molecule has 7 nitrogen and oxygen atoms in total. The molecule has 0 aromatic heterocycles. The van der Waals surface area contributed by atoms with E-state index in [0.29, 0.717) is 31.5 Å². The Balaban J connectivity index is 1.92. The minimum atomic E-state index is -1.70. The van der Waals surface area contributed by atoms with Crippen molar-refractivity contribution in [1.82, 2.24) is 0 Å². The number of allylic oxidation sites excluding steroid dienone is 1. The number of carbonyl (C=O) groups excluding carboxylic acids is 2. The fraction of sp³-hybridized carbons (Fsp3) is 0.778. The van der Waals surface area contributed by atoms with Crippen molar-refractivity contribution in [3.8, 4) is 0 Å². The molecule has 0 aromatic rings. The second-order valence-corrected chi connectivity index (χ2v) is 7.84. The average Bonchev–Trinajstić information content (AvgIpc) is 3.05. The number of carbonyl (C=O) groups is 2. The molecule has 0 spiro atoms. The smallest absolute Gasteiger partial charge is 0.338 e. The highest BCUT2D eigenvalue weighted by Crippen LogP contribution is 2.42. The molecule has 3 fully saturated rings. The summed E-state index contributed by atoms with van der Waals surface area (Å²) >= 11 is 0. The minimum absolute atomic E-state index is 0.0825. The number of nitrogens with zero attached hydrogens (tertiary/aromatic N) is 1. The van der Waals surface area contributed by atoms with E-state index in [1.807, 2.05) is 0 Å². The van der Waals surface area contributed by atoms with Crippen molar-refractivity contribution in [3.63, 3.8) is 0 Å². The van der Waals surface area contributed by atoms with E-state index in [4.69, 9.17) is 9.47 Å². The third-order valence-electron chi connectivity index (χ3n) is 6.27. The van der Waals surface area contributed by atoms with E-state index in [2.05, 4.69) is 0 Å². The van der Waals surface area contributed by atoms with Gasteiger partial charge in [0.25, 0.3) is 0 Å². The Morgan fingerprint density at radius 3 is 2.68 bits per heavy atom. The van der Waals surface area contributed by atoms with Crippen molar-refractivity contribution in [1.29, 1.82) is 0 Å². The third kappa shape index (κ3) is 3.09. The van der Waals surface area contributed by atoms with Gasteiger partial charge in [0.2, 0.25) is 0 Å². The summed E-state index contributed by atoms with van der Waals surface area (Å²) in [5.41, 5.74) is -1.29. The van der Waals surface area contributed by atoms with Gasteiger partial charge in [0.05, 0.1) is 19.0 Å². The lowest BCUT2D eigenvalue weighted by Crippen LogP contribution is -2.50. The zero-order valence-corrected chi connectivity index (χ0v) is 15.1. The molecule has 25 heavy (non-hydrogen) atoms. The summed E-state index contributed by atoms with van der Waals surface area (Å²) in [4.78, 5) is 25.0. The van der Waals surface area contributed by atoms with Crippen LogP contribution >= 0.6 is 0 Å². The quantitative estimate of drug-likeness (QED) is 0.305. The van der Waals surface area contributed by atoms with Crippen LogP contribution in [0.4, 0.5) is 0 Å². The Bertz CT molecular complexity index is 600. The average molecular weight is 353 g/mol. The Kier molecular flexibility index (Phi) is 4.68. The first-order valence-corrected chi connectivity index (χ1v) is 9.02. The molecule has 0 saturated carbocycles. The van der Waals surface area contributed by atoms with Crippen LogP contribution < -0.4 is 0 Å². The molecule has 3 saturated heterocycles. The predicted molar refractivity (Wildman–Crippen MR) is 88.9 cm³/mol. The standard InChI is InChI=1S/C18H27NO6/c1-4-12-9-11(2)18(3,22)17(21)24-10-13-5-7-19(23)8-6-14(15(13)19)25-16(12)20/h4,11,13-15,22H,5-10H2,1-3H3/b12-4-/t11-,13-,14-,15-,18-,19-/m1/s1. The number of rotatable bonds is 0. The van der Waals surface area contributed by atoms with E-state index >= 15 is 0 Å². The summed E-state index contributed by atoms with van der Waals surface area (Å²) in [6.45, 7) is 5.79. The normalized spacial score (nSPS) is 46.8. The summed E-state index contributed by atoms with van der Waals surface area (Å²) in [5.74, 6) is -1.81. The molecule has 7 heteroatoms. The van der Waals surface area contributed by atoms with Gasteiger partial charge in [-0.3, -0.25) is 0 Å². The lowest BCUT2D eigenvalue weighted by Gasteiger charge is -2.41. The molecule has 3 aliphatic heterocycles. The van der Waals surface area contributed by atoms with Crippen LogP contribution in [0, 0.1) is 17.0 Å². The molecular formula is C18H27NO6. The molecule has 0 unspecified atom stereocenters. The highest BCUT2D eigenvalue weighted by molar-refractivity contribution is 5.89. The highest BCUT2D eigenvalue weighted by Gasteiger charge is 2.55. The van der Waals surface area contributed by atoms with Crippen LogP contribution in [0.15, 0.2) is 11.6 Å². The van der Waals surface area contributed by atoms with Crippen LogP contribution in [0.5, 0.6) is 0 Å². The first-order valence-electron chi connectivity index (χ1n) is 9.02. The summed E-state index contributed by atoms with van der Waals surface area (Å²) in [6, 6.07) is -0.392. The highest BCUT2D eigenvalue weighted by atomic mass is 16.6. The molecule has 0 radical (unpaired) electrons. The topological polar surface area (TPSA) is 95.9 Å². The number of hydrogen-bond acceptors (Lipinski definition) is 6. The van der Waals surface area contributed by atoms with Crippen LogP contribution in [-0.2, 0) is 19.1 Å². The van der Waals surface area contributed by atoms with E-state index in [9.17, 15) is 19.9 Å². The van der Waals surface area contributed by atoms with Gasteiger partial charge in [-0.15, -0.1) is 0 Å². The van der Waals surface area contributed by atoms with Crippen molar-refractivity contribution in [2.45, 2.75) is 57.8 Å². The second kappa shape index (κ2) is 6.37. The van der Waals surface area contributed by atoms with Crippen molar-refractivity contribution >= 4 is 11.9 Å². The van der Waals surface area contributed by atoms with Crippen LogP contribution in [0.2, 0.25) is 0 Å². The van der Waals surface area contributed by atoms with Gasteiger partial charge in [-0.2, -0.15) is 0 Å². The SMILES string of the molecule is C/C=C1/C[C@@H](C)[C@@](C)(O)C(=O)OC[C@H]2CC[N@@+]3([O-])CC[C@@H](OC1=O)[C@@H]23. The van der Waals surface area contributed by atoms with Gasteiger partial charge >= 0.3 is 11.9 Å². The van der Waals surface area contributed by atoms with Gasteiger partial charge in [0.1, 0.15) is 12.6 Å². The van der Waals surface area contributed by atoms with E-state index in [-0.39, 0.29) is 23.6 Å².